The molecule has 1 aromatic heterocycles. The summed E-state index contributed by atoms with van der Waals surface area (Å²) in [5.74, 6) is 2.25. The Labute approximate surface area is 221 Å². The summed E-state index contributed by atoms with van der Waals surface area (Å²) in [6.07, 6.45) is 5.25. The summed E-state index contributed by atoms with van der Waals surface area (Å²) >= 11 is 3.35. The van der Waals surface area contributed by atoms with E-state index < -0.39 is 10.0 Å². The molecule has 2 aromatic carbocycles. The molecule has 1 heterocycles. The lowest BCUT2D eigenvalue weighted by atomic mass is 9.79. The molecule has 2 N–H and O–H groups in total. The maximum absolute atomic E-state index is 12.9. The number of nitrogens with zero attached hydrogens (tertiary/aromatic N) is 3. The molecule has 0 bridgehead atoms. The van der Waals surface area contributed by atoms with E-state index in [1.165, 1.54) is 7.11 Å². The number of ether oxygens (including phenoxy) is 1. The van der Waals surface area contributed by atoms with E-state index >= 15 is 0 Å². The molecule has 8 nitrogen and oxygen atoms in total. The summed E-state index contributed by atoms with van der Waals surface area (Å²) < 4.78 is 34.6. The van der Waals surface area contributed by atoms with Crippen molar-refractivity contribution in [3.63, 3.8) is 0 Å². The minimum atomic E-state index is -3.66. The Morgan fingerprint density at radius 1 is 1.14 bits per heavy atom. The van der Waals surface area contributed by atoms with Gasteiger partial charge in [0.1, 0.15) is 16.5 Å². The molecule has 2 saturated carbocycles. The first-order chi connectivity index (χ1) is 17.2. The topological polar surface area (TPSA) is 96.5 Å². The molecule has 192 valence electrons. The van der Waals surface area contributed by atoms with Crippen LogP contribution in [0.5, 0.6) is 5.75 Å². The monoisotopic (exact) mass is 573 g/mol. The van der Waals surface area contributed by atoms with E-state index in [9.17, 15) is 8.42 Å². The molecular formula is C26H32BrN5O3S. The molecule has 2 aliphatic carbocycles. The van der Waals surface area contributed by atoms with Crippen molar-refractivity contribution in [1.82, 2.24) is 14.7 Å². The number of anilines is 2. The molecule has 2 aliphatic rings. The minimum absolute atomic E-state index is 0.158. The van der Waals surface area contributed by atoms with Crippen LogP contribution in [0.1, 0.15) is 32.1 Å². The minimum Gasteiger partial charge on any atom is -0.495 e. The summed E-state index contributed by atoms with van der Waals surface area (Å²) in [6.45, 7) is 0.437. The first-order valence-corrected chi connectivity index (χ1v) is 14.5. The Morgan fingerprint density at radius 3 is 2.61 bits per heavy atom. The van der Waals surface area contributed by atoms with Gasteiger partial charge >= 0.3 is 0 Å². The van der Waals surface area contributed by atoms with Crippen LogP contribution >= 0.6 is 15.9 Å². The number of para-hydroxylation sites is 1. The van der Waals surface area contributed by atoms with Gasteiger partial charge in [-0.2, -0.15) is 4.98 Å². The molecular weight excluding hydrogens is 542 g/mol. The number of nitrogens with one attached hydrogen (secondary N) is 2. The number of halogens is 1. The van der Waals surface area contributed by atoms with Crippen LogP contribution in [0.25, 0.3) is 10.9 Å². The molecule has 10 heteroatoms. The summed E-state index contributed by atoms with van der Waals surface area (Å²) in [5.41, 5.74) is 1.20. The highest BCUT2D eigenvalue weighted by atomic mass is 79.9. The van der Waals surface area contributed by atoms with Gasteiger partial charge < -0.3 is 15.0 Å². The summed E-state index contributed by atoms with van der Waals surface area (Å²) in [6, 6.07) is 13.4. The lowest BCUT2D eigenvalue weighted by Gasteiger charge is -2.29. The molecule has 1 atom stereocenters. The van der Waals surface area contributed by atoms with Crippen LogP contribution in [0.2, 0.25) is 0 Å². The van der Waals surface area contributed by atoms with Gasteiger partial charge in [-0.25, -0.2) is 18.1 Å². The average molecular weight is 575 g/mol. The Balaban J connectivity index is 1.19. The van der Waals surface area contributed by atoms with E-state index in [4.69, 9.17) is 14.7 Å². The highest BCUT2D eigenvalue weighted by Crippen LogP contribution is 2.58. The molecule has 1 spiro atoms. The molecule has 0 saturated heterocycles. The van der Waals surface area contributed by atoms with Crippen molar-refractivity contribution in [2.75, 3.05) is 38.0 Å². The standard InChI is InChI=1S/C26H32BrN5O3S/c1-32(2)24-19-6-4-5-7-20(19)29-25(31-24)30-23-15-26(23)12-10-17(11-13-26)16-28-36(33,34)22-14-18(27)8-9-21(22)35-3/h4-9,14,17,23,28H,10-13,15-16H2,1-3H3,(H,29,30,31). The van der Waals surface area contributed by atoms with Crippen molar-refractivity contribution in [1.29, 1.82) is 0 Å². The van der Waals surface area contributed by atoms with Crippen molar-refractivity contribution in [2.45, 2.75) is 43.0 Å². The van der Waals surface area contributed by atoms with Crippen LogP contribution in [0.4, 0.5) is 11.8 Å². The lowest BCUT2D eigenvalue weighted by Crippen LogP contribution is -2.32. The predicted molar refractivity (Wildman–Crippen MR) is 146 cm³/mol. The number of sulfonamides is 1. The highest BCUT2D eigenvalue weighted by Gasteiger charge is 2.55. The zero-order valence-electron chi connectivity index (χ0n) is 20.8. The largest absolute Gasteiger partial charge is 0.495 e. The third-order valence-corrected chi connectivity index (χ3v) is 9.52. The maximum Gasteiger partial charge on any atom is 0.244 e. The number of hydrogen-bond acceptors (Lipinski definition) is 7. The van der Waals surface area contributed by atoms with Gasteiger partial charge in [-0.1, -0.05) is 28.1 Å². The van der Waals surface area contributed by atoms with Gasteiger partial charge in [0, 0.05) is 36.5 Å². The van der Waals surface area contributed by atoms with Crippen LogP contribution in [-0.2, 0) is 10.0 Å². The Bertz CT molecular complexity index is 1370. The Hall–Kier alpha value is -2.43. The number of benzene rings is 2. The maximum atomic E-state index is 12.9. The zero-order valence-corrected chi connectivity index (χ0v) is 23.2. The SMILES string of the molecule is COc1ccc(Br)cc1S(=O)(=O)NCC1CCC2(CC1)CC2Nc1nc(N(C)C)c2ccccc2n1. The molecule has 0 radical (unpaired) electrons. The van der Waals surface area contributed by atoms with Gasteiger partial charge in [-0.3, -0.25) is 0 Å². The second-order valence-electron chi connectivity index (χ2n) is 10.1. The smallest absolute Gasteiger partial charge is 0.244 e. The fourth-order valence-electron chi connectivity index (χ4n) is 5.35. The Morgan fingerprint density at radius 2 is 1.89 bits per heavy atom. The van der Waals surface area contributed by atoms with Crippen LogP contribution < -0.4 is 19.7 Å². The molecule has 0 amide bonds. The number of fused-ring (bicyclic) bond motifs is 1. The van der Waals surface area contributed by atoms with Gasteiger partial charge in [0.05, 0.1) is 12.6 Å². The molecule has 0 aliphatic heterocycles. The average Bonchev–Trinajstić information content (AvgIpc) is 3.53. The lowest BCUT2D eigenvalue weighted by molar-refractivity contribution is 0.253. The quantitative estimate of drug-likeness (QED) is 0.399. The van der Waals surface area contributed by atoms with Crippen molar-refractivity contribution in [2.24, 2.45) is 11.3 Å². The van der Waals surface area contributed by atoms with Crippen LogP contribution in [-0.4, -0.2) is 52.2 Å². The third kappa shape index (κ3) is 5.03. The van der Waals surface area contributed by atoms with Crippen LogP contribution in [0.3, 0.4) is 0 Å². The van der Waals surface area contributed by atoms with Gasteiger partial charge in [-0.05, 0) is 73.8 Å². The normalized spacial score (nSPS) is 23.6. The first-order valence-electron chi connectivity index (χ1n) is 12.2. The third-order valence-electron chi connectivity index (χ3n) is 7.58. The summed E-state index contributed by atoms with van der Waals surface area (Å²) in [4.78, 5) is 11.7. The highest BCUT2D eigenvalue weighted by molar-refractivity contribution is 9.10. The zero-order chi connectivity index (χ0) is 25.5. The number of rotatable bonds is 8. The van der Waals surface area contributed by atoms with Gasteiger partial charge in [0.15, 0.2) is 0 Å². The molecule has 2 fully saturated rings. The van der Waals surface area contributed by atoms with E-state index in [2.05, 4.69) is 32.0 Å². The fourth-order valence-corrected chi connectivity index (χ4v) is 7.17. The second kappa shape index (κ2) is 9.79. The van der Waals surface area contributed by atoms with Crippen molar-refractivity contribution in [3.05, 3.63) is 46.9 Å². The molecule has 36 heavy (non-hydrogen) atoms. The van der Waals surface area contributed by atoms with E-state index in [0.717, 1.165) is 48.8 Å². The van der Waals surface area contributed by atoms with E-state index in [0.29, 0.717) is 34.7 Å². The Kier molecular flexibility index (Phi) is 6.86. The van der Waals surface area contributed by atoms with E-state index in [1.54, 1.807) is 18.2 Å². The predicted octanol–water partition coefficient (Wildman–Crippen LogP) is 4.81. The summed E-state index contributed by atoms with van der Waals surface area (Å²) in [7, 11) is 1.82. The van der Waals surface area contributed by atoms with Gasteiger partial charge in [0.2, 0.25) is 16.0 Å². The van der Waals surface area contributed by atoms with Gasteiger partial charge in [0.25, 0.3) is 0 Å². The summed E-state index contributed by atoms with van der Waals surface area (Å²) in [5, 5.41) is 4.64. The molecule has 3 aromatic rings. The van der Waals surface area contributed by atoms with Crippen molar-refractivity contribution < 1.29 is 13.2 Å². The number of methoxy groups -OCH3 is 1. The number of aromatic nitrogens is 2. The van der Waals surface area contributed by atoms with Crippen molar-refractivity contribution >= 4 is 48.6 Å². The van der Waals surface area contributed by atoms with E-state index in [1.807, 2.05) is 37.2 Å². The van der Waals surface area contributed by atoms with E-state index in [-0.39, 0.29) is 10.3 Å². The second-order valence-corrected chi connectivity index (χ2v) is 12.8. The molecule has 1 unspecified atom stereocenters. The fraction of sp³-hybridized carbons (Fsp3) is 0.462. The first kappa shape index (κ1) is 25.2. The van der Waals surface area contributed by atoms with Crippen LogP contribution in [0, 0.1) is 11.3 Å². The number of hydrogen-bond donors (Lipinski definition) is 2. The van der Waals surface area contributed by atoms with Crippen LogP contribution in [0.15, 0.2) is 51.8 Å². The molecule has 5 rings (SSSR count). The van der Waals surface area contributed by atoms with Gasteiger partial charge in [-0.15, -0.1) is 0 Å². The van der Waals surface area contributed by atoms with Crippen molar-refractivity contribution in [3.8, 4) is 5.75 Å².